The Bertz CT molecular complexity index is 903. The second-order valence-electron chi connectivity index (χ2n) is 6.78. The molecule has 3 rings (SSSR count). The van der Waals surface area contributed by atoms with Gasteiger partial charge in [-0.2, -0.15) is 4.31 Å². The van der Waals surface area contributed by atoms with Crippen molar-refractivity contribution in [3.05, 3.63) is 60.2 Å². The fourth-order valence-corrected chi connectivity index (χ4v) is 4.85. The number of ether oxygens (including phenoxy) is 1. The van der Waals surface area contributed by atoms with Crippen molar-refractivity contribution < 1.29 is 17.9 Å². The number of hydrogen-bond donors (Lipinski definition) is 2. The summed E-state index contributed by atoms with van der Waals surface area (Å²) < 4.78 is 32.5. The van der Waals surface area contributed by atoms with Gasteiger partial charge in [0.2, 0.25) is 10.0 Å². The molecule has 0 saturated carbocycles. The first-order valence-electron chi connectivity index (χ1n) is 9.28. The molecule has 0 aromatic heterocycles. The van der Waals surface area contributed by atoms with E-state index in [0.717, 1.165) is 5.56 Å². The van der Waals surface area contributed by atoms with E-state index in [-0.39, 0.29) is 23.2 Å². The molecule has 0 spiro atoms. The maximum absolute atomic E-state index is 12.9. The van der Waals surface area contributed by atoms with Crippen LogP contribution in [0.2, 0.25) is 0 Å². The van der Waals surface area contributed by atoms with E-state index in [2.05, 4.69) is 5.32 Å². The van der Waals surface area contributed by atoms with Crippen LogP contribution in [0.4, 0.5) is 10.5 Å². The van der Waals surface area contributed by atoms with Gasteiger partial charge in [0.1, 0.15) is 11.5 Å². The van der Waals surface area contributed by atoms with Gasteiger partial charge < -0.3 is 15.8 Å². The quantitative estimate of drug-likeness (QED) is 0.748. The summed E-state index contributed by atoms with van der Waals surface area (Å²) in [5.41, 5.74) is 7.00. The Morgan fingerprint density at radius 1 is 1.07 bits per heavy atom. The van der Waals surface area contributed by atoms with Gasteiger partial charge in [-0.25, -0.2) is 13.2 Å². The Morgan fingerprint density at radius 3 is 2.54 bits per heavy atom. The number of alkyl carbamates (subject to hydrolysis) is 1. The number of nitrogens with zero attached hydrogens (tertiary/aromatic N) is 1. The van der Waals surface area contributed by atoms with E-state index < -0.39 is 16.1 Å². The zero-order chi connectivity index (χ0) is 20.0. The molecule has 1 fully saturated rings. The highest BCUT2D eigenvalue weighted by Gasteiger charge is 2.29. The normalized spacial score (nSPS) is 18.2. The van der Waals surface area contributed by atoms with E-state index >= 15 is 0 Å². The molecule has 0 aliphatic carbocycles. The van der Waals surface area contributed by atoms with Crippen LogP contribution < -0.4 is 11.1 Å². The number of nitrogens with one attached hydrogen (secondary N) is 1. The monoisotopic (exact) mass is 403 g/mol. The lowest BCUT2D eigenvalue weighted by Crippen LogP contribution is -2.37. The molecule has 1 unspecified atom stereocenters. The third kappa shape index (κ3) is 5.02. The van der Waals surface area contributed by atoms with Crippen molar-refractivity contribution in [1.82, 2.24) is 9.62 Å². The Labute approximate surface area is 165 Å². The molecule has 1 saturated heterocycles. The van der Waals surface area contributed by atoms with Crippen LogP contribution in [0.3, 0.4) is 0 Å². The van der Waals surface area contributed by atoms with Crippen LogP contribution in [0.15, 0.2) is 59.5 Å². The van der Waals surface area contributed by atoms with E-state index in [0.29, 0.717) is 32.4 Å². The first kappa shape index (κ1) is 20.2. The molecule has 1 atom stereocenters. The lowest BCUT2D eigenvalue weighted by atomic mass is 10.1. The van der Waals surface area contributed by atoms with Gasteiger partial charge in [-0.05, 0) is 37.0 Å². The molecule has 1 heterocycles. The Hall–Kier alpha value is -2.58. The SMILES string of the molecule is Nc1ccccc1S(=O)(=O)N1CCCC(NC(=O)OCc2ccccc2)CC1. The molecule has 1 aliphatic rings. The summed E-state index contributed by atoms with van der Waals surface area (Å²) in [6, 6.07) is 15.8. The van der Waals surface area contributed by atoms with Crippen molar-refractivity contribution in [2.24, 2.45) is 0 Å². The maximum Gasteiger partial charge on any atom is 0.407 e. The minimum atomic E-state index is -3.65. The van der Waals surface area contributed by atoms with Crippen molar-refractivity contribution >= 4 is 21.8 Å². The first-order valence-corrected chi connectivity index (χ1v) is 10.7. The third-order valence-electron chi connectivity index (χ3n) is 4.76. The largest absolute Gasteiger partial charge is 0.445 e. The van der Waals surface area contributed by atoms with Gasteiger partial charge in [0.25, 0.3) is 0 Å². The highest BCUT2D eigenvalue weighted by molar-refractivity contribution is 7.89. The molecule has 1 amide bonds. The van der Waals surface area contributed by atoms with Crippen LogP contribution >= 0.6 is 0 Å². The summed E-state index contributed by atoms with van der Waals surface area (Å²) in [7, 11) is -3.65. The van der Waals surface area contributed by atoms with Crippen molar-refractivity contribution in [3.8, 4) is 0 Å². The number of para-hydroxylation sites is 1. The van der Waals surface area contributed by atoms with Gasteiger partial charge in [0.05, 0.1) is 5.69 Å². The van der Waals surface area contributed by atoms with Gasteiger partial charge in [0.15, 0.2) is 0 Å². The van der Waals surface area contributed by atoms with Crippen LogP contribution in [0.1, 0.15) is 24.8 Å². The van der Waals surface area contributed by atoms with Crippen molar-refractivity contribution in [2.45, 2.75) is 36.8 Å². The molecule has 2 aromatic carbocycles. The van der Waals surface area contributed by atoms with E-state index in [1.165, 1.54) is 10.4 Å². The number of benzene rings is 2. The van der Waals surface area contributed by atoms with Crippen molar-refractivity contribution in [3.63, 3.8) is 0 Å². The molecule has 28 heavy (non-hydrogen) atoms. The lowest BCUT2D eigenvalue weighted by molar-refractivity contribution is 0.134. The average Bonchev–Trinajstić information content (AvgIpc) is 2.93. The Morgan fingerprint density at radius 2 is 1.79 bits per heavy atom. The first-order chi connectivity index (χ1) is 13.5. The molecule has 1 aliphatic heterocycles. The van der Waals surface area contributed by atoms with Crippen LogP contribution in [-0.2, 0) is 21.4 Å². The summed E-state index contributed by atoms with van der Waals surface area (Å²) in [4.78, 5) is 12.2. The van der Waals surface area contributed by atoms with Crippen LogP contribution in [-0.4, -0.2) is 37.9 Å². The zero-order valence-corrected chi connectivity index (χ0v) is 16.4. The number of carbonyl (C=O) groups is 1. The van der Waals surface area contributed by atoms with Gasteiger partial charge in [-0.15, -0.1) is 0 Å². The van der Waals surface area contributed by atoms with Crippen molar-refractivity contribution in [1.29, 1.82) is 0 Å². The average molecular weight is 404 g/mol. The number of amides is 1. The van der Waals surface area contributed by atoms with Crippen LogP contribution in [0.25, 0.3) is 0 Å². The van der Waals surface area contributed by atoms with Gasteiger partial charge in [0, 0.05) is 19.1 Å². The molecule has 150 valence electrons. The van der Waals surface area contributed by atoms with Crippen LogP contribution in [0.5, 0.6) is 0 Å². The number of carbonyl (C=O) groups excluding carboxylic acids is 1. The Balaban J connectivity index is 1.54. The van der Waals surface area contributed by atoms with Crippen molar-refractivity contribution in [2.75, 3.05) is 18.8 Å². The Kier molecular flexibility index (Phi) is 6.53. The number of anilines is 1. The minimum absolute atomic E-state index is 0.128. The second-order valence-corrected chi connectivity index (χ2v) is 8.68. The molecule has 0 radical (unpaired) electrons. The predicted molar refractivity (Wildman–Crippen MR) is 107 cm³/mol. The second kappa shape index (κ2) is 9.07. The topological polar surface area (TPSA) is 102 Å². The highest BCUT2D eigenvalue weighted by atomic mass is 32.2. The number of sulfonamides is 1. The molecule has 7 nitrogen and oxygen atoms in total. The zero-order valence-electron chi connectivity index (χ0n) is 15.6. The van der Waals surface area contributed by atoms with E-state index in [1.54, 1.807) is 18.2 Å². The molecule has 3 N–H and O–H groups in total. The van der Waals surface area contributed by atoms with Gasteiger partial charge in [-0.1, -0.05) is 42.5 Å². The maximum atomic E-state index is 12.9. The number of hydrogen-bond acceptors (Lipinski definition) is 5. The summed E-state index contributed by atoms with van der Waals surface area (Å²) in [5, 5.41) is 2.84. The fourth-order valence-electron chi connectivity index (χ4n) is 3.24. The molecule has 2 aromatic rings. The van der Waals surface area contributed by atoms with Crippen LogP contribution in [0, 0.1) is 0 Å². The smallest absolute Gasteiger partial charge is 0.407 e. The molecular weight excluding hydrogens is 378 g/mol. The van der Waals surface area contributed by atoms with Gasteiger partial charge in [-0.3, -0.25) is 0 Å². The summed E-state index contributed by atoms with van der Waals surface area (Å²) >= 11 is 0. The van der Waals surface area contributed by atoms with Gasteiger partial charge >= 0.3 is 6.09 Å². The third-order valence-corrected chi connectivity index (χ3v) is 6.73. The molecular formula is C20H25N3O4S. The van der Waals surface area contributed by atoms with E-state index in [9.17, 15) is 13.2 Å². The standard InChI is InChI=1S/C20H25N3O4S/c21-18-10-4-5-11-19(18)28(25,26)23-13-6-9-17(12-14-23)22-20(24)27-15-16-7-2-1-3-8-16/h1-5,7-8,10-11,17H,6,9,12-15,21H2,(H,22,24). The van der Waals surface area contributed by atoms with E-state index in [1.807, 2.05) is 30.3 Å². The number of nitrogens with two attached hydrogens (primary N) is 1. The molecule has 8 heteroatoms. The molecule has 0 bridgehead atoms. The van der Waals surface area contributed by atoms with E-state index in [4.69, 9.17) is 10.5 Å². The minimum Gasteiger partial charge on any atom is -0.445 e. The summed E-state index contributed by atoms with van der Waals surface area (Å²) in [6.07, 6.45) is 1.37. The number of nitrogen functional groups attached to an aromatic ring is 1. The highest BCUT2D eigenvalue weighted by Crippen LogP contribution is 2.24. The number of rotatable bonds is 5. The predicted octanol–water partition coefficient (Wildman–Crippen LogP) is 2.74. The summed E-state index contributed by atoms with van der Waals surface area (Å²) in [6.45, 7) is 0.918. The summed E-state index contributed by atoms with van der Waals surface area (Å²) in [5.74, 6) is 0. The lowest BCUT2D eigenvalue weighted by Gasteiger charge is -2.21. The fraction of sp³-hybridized carbons (Fsp3) is 0.350.